The first-order chi connectivity index (χ1) is 11.1. The Kier molecular flexibility index (Phi) is 3.37. The number of aryl methyl sites for hydroxylation is 2. The molecule has 7 heteroatoms. The highest BCUT2D eigenvalue weighted by molar-refractivity contribution is 7.12. The molecule has 23 heavy (non-hydrogen) atoms. The molecule has 0 radical (unpaired) electrons. The Bertz CT molecular complexity index is 884. The number of fused-ring (bicyclic) bond motifs is 1. The monoisotopic (exact) mass is 327 g/mol. The van der Waals surface area contributed by atoms with Crippen molar-refractivity contribution >= 4 is 27.7 Å². The maximum Gasteiger partial charge on any atom is 0.255 e. The van der Waals surface area contributed by atoms with Crippen LogP contribution in [0.4, 0.5) is 0 Å². The summed E-state index contributed by atoms with van der Waals surface area (Å²) in [6, 6.07) is 2.02. The van der Waals surface area contributed by atoms with Crippen molar-refractivity contribution in [2.75, 3.05) is 6.54 Å². The average Bonchev–Trinajstić information content (AvgIpc) is 3.26. The van der Waals surface area contributed by atoms with Crippen molar-refractivity contribution in [2.24, 2.45) is 7.05 Å². The first kappa shape index (κ1) is 14.3. The van der Waals surface area contributed by atoms with Crippen molar-refractivity contribution in [1.29, 1.82) is 0 Å². The number of hydrogen-bond donors (Lipinski definition) is 0. The van der Waals surface area contributed by atoms with E-state index in [4.69, 9.17) is 0 Å². The van der Waals surface area contributed by atoms with Crippen molar-refractivity contribution in [3.8, 4) is 0 Å². The van der Waals surface area contributed by atoms with E-state index in [-0.39, 0.29) is 11.9 Å². The van der Waals surface area contributed by atoms with E-state index < -0.39 is 0 Å². The Morgan fingerprint density at radius 1 is 1.39 bits per heavy atom. The first-order valence-corrected chi connectivity index (χ1v) is 8.42. The summed E-state index contributed by atoms with van der Waals surface area (Å²) < 4.78 is 6.08. The van der Waals surface area contributed by atoms with E-state index in [0.717, 1.165) is 40.9 Å². The van der Waals surface area contributed by atoms with Gasteiger partial charge in [-0.1, -0.05) is 0 Å². The van der Waals surface area contributed by atoms with Crippen molar-refractivity contribution < 1.29 is 4.79 Å². The van der Waals surface area contributed by atoms with Crippen LogP contribution in [0.5, 0.6) is 0 Å². The molecule has 0 aliphatic carbocycles. The van der Waals surface area contributed by atoms with E-state index in [1.807, 2.05) is 37.3 Å². The molecule has 6 nitrogen and oxygen atoms in total. The van der Waals surface area contributed by atoms with Crippen LogP contribution in [0.25, 0.3) is 10.2 Å². The van der Waals surface area contributed by atoms with Crippen molar-refractivity contribution in [3.63, 3.8) is 0 Å². The molecule has 1 aliphatic heterocycles. The lowest BCUT2D eigenvalue weighted by Crippen LogP contribution is -2.30. The van der Waals surface area contributed by atoms with Gasteiger partial charge in [0.25, 0.3) is 5.91 Å². The predicted molar refractivity (Wildman–Crippen MR) is 88.4 cm³/mol. The number of amides is 1. The Hall–Kier alpha value is -2.28. The molecule has 4 rings (SSSR count). The van der Waals surface area contributed by atoms with Gasteiger partial charge in [0.05, 0.1) is 23.5 Å². The topological polar surface area (TPSA) is 63.9 Å². The largest absolute Gasteiger partial charge is 0.331 e. The number of rotatable bonds is 2. The van der Waals surface area contributed by atoms with Gasteiger partial charge in [-0.05, 0) is 37.4 Å². The highest BCUT2D eigenvalue weighted by atomic mass is 32.1. The molecule has 0 saturated carbocycles. The summed E-state index contributed by atoms with van der Waals surface area (Å²) >= 11 is 1.37. The van der Waals surface area contributed by atoms with Gasteiger partial charge < -0.3 is 4.90 Å². The van der Waals surface area contributed by atoms with Gasteiger partial charge in [-0.25, -0.2) is 4.98 Å². The van der Waals surface area contributed by atoms with Crippen LogP contribution in [0, 0.1) is 6.92 Å². The molecular formula is C16H17N5OS. The molecule has 3 aromatic heterocycles. The fourth-order valence-electron chi connectivity index (χ4n) is 3.20. The molecule has 3 aromatic rings. The van der Waals surface area contributed by atoms with Gasteiger partial charge in [0.15, 0.2) is 0 Å². The highest BCUT2D eigenvalue weighted by Gasteiger charge is 2.31. The lowest BCUT2D eigenvalue weighted by atomic mass is 10.1. The Morgan fingerprint density at radius 2 is 2.26 bits per heavy atom. The third-order valence-corrected chi connectivity index (χ3v) is 5.24. The summed E-state index contributed by atoms with van der Waals surface area (Å²) in [7, 11) is 1.90. The normalized spacial score (nSPS) is 18.0. The third kappa shape index (κ3) is 2.41. The van der Waals surface area contributed by atoms with Gasteiger partial charge in [0, 0.05) is 36.9 Å². The first-order valence-electron chi connectivity index (χ1n) is 7.65. The number of pyridine rings is 1. The molecule has 4 heterocycles. The van der Waals surface area contributed by atoms with Crippen LogP contribution >= 0.6 is 11.5 Å². The van der Waals surface area contributed by atoms with Crippen LogP contribution in [0.1, 0.15) is 40.5 Å². The number of carbonyl (C=O) groups excluding carboxylic acids is 1. The summed E-state index contributed by atoms with van der Waals surface area (Å²) in [6.45, 7) is 2.72. The fraction of sp³-hybridized carbons (Fsp3) is 0.375. The van der Waals surface area contributed by atoms with Gasteiger partial charge in [-0.2, -0.15) is 9.47 Å². The molecule has 1 atom stereocenters. The molecule has 1 amide bonds. The van der Waals surface area contributed by atoms with Crippen molar-refractivity contribution in [2.45, 2.75) is 25.8 Å². The maximum atomic E-state index is 13.0. The van der Waals surface area contributed by atoms with Gasteiger partial charge in [-0.3, -0.25) is 9.48 Å². The Balaban J connectivity index is 1.67. The summed E-state index contributed by atoms with van der Waals surface area (Å²) in [5.74, 6) is 0.0383. The van der Waals surface area contributed by atoms with Crippen LogP contribution in [-0.2, 0) is 7.05 Å². The number of nitrogens with zero attached hydrogens (tertiary/aromatic N) is 5. The van der Waals surface area contributed by atoms with E-state index in [1.165, 1.54) is 11.5 Å². The lowest BCUT2D eigenvalue weighted by Gasteiger charge is -2.23. The minimum atomic E-state index is 0.0383. The molecule has 1 aliphatic rings. The number of hydrogen-bond acceptors (Lipinski definition) is 5. The standard InChI is InChI=1S/C16H17N5OS/c1-10-13-6-11(7-17-15(13)23-19-10)16(22)21-5-3-4-14(21)12-8-18-20(2)9-12/h6-9,14H,3-5H2,1-2H3. The minimum absolute atomic E-state index is 0.0383. The zero-order valence-electron chi connectivity index (χ0n) is 13.1. The number of likely N-dealkylation sites (tertiary alicyclic amines) is 1. The van der Waals surface area contributed by atoms with Crippen molar-refractivity contribution in [3.05, 3.63) is 41.5 Å². The molecule has 118 valence electrons. The smallest absolute Gasteiger partial charge is 0.255 e. The highest BCUT2D eigenvalue weighted by Crippen LogP contribution is 2.33. The van der Waals surface area contributed by atoms with Crippen LogP contribution in [0.15, 0.2) is 24.7 Å². The predicted octanol–water partition coefficient (Wildman–Crippen LogP) is 2.71. The van der Waals surface area contributed by atoms with E-state index in [0.29, 0.717) is 5.56 Å². The summed E-state index contributed by atoms with van der Waals surface area (Å²) in [4.78, 5) is 20.2. The maximum absolute atomic E-state index is 13.0. The van der Waals surface area contributed by atoms with Gasteiger partial charge in [0.1, 0.15) is 4.83 Å². The lowest BCUT2D eigenvalue weighted by molar-refractivity contribution is 0.0735. The quantitative estimate of drug-likeness (QED) is 0.726. The van der Waals surface area contributed by atoms with E-state index in [1.54, 1.807) is 10.9 Å². The number of carbonyl (C=O) groups is 1. The summed E-state index contributed by atoms with van der Waals surface area (Å²) in [5.41, 5.74) is 2.66. The van der Waals surface area contributed by atoms with Gasteiger partial charge in [-0.15, -0.1) is 0 Å². The summed E-state index contributed by atoms with van der Waals surface area (Å²) in [5, 5.41) is 5.20. The minimum Gasteiger partial charge on any atom is -0.331 e. The molecular weight excluding hydrogens is 310 g/mol. The van der Waals surface area contributed by atoms with E-state index in [9.17, 15) is 4.79 Å². The van der Waals surface area contributed by atoms with Crippen molar-refractivity contribution in [1.82, 2.24) is 24.0 Å². The zero-order chi connectivity index (χ0) is 16.0. The Labute approximate surface area is 137 Å². The molecule has 1 saturated heterocycles. The fourth-order valence-corrected chi connectivity index (χ4v) is 3.92. The second-order valence-electron chi connectivity index (χ2n) is 5.95. The molecule has 1 unspecified atom stereocenters. The third-order valence-electron chi connectivity index (χ3n) is 4.38. The van der Waals surface area contributed by atoms with Crippen LogP contribution in [-0.4, -0.2) is 36.5 Å². The number of aromatic nitrogens is 4. The van der Waals surface area contributed by atoms with Crippen LogP contribution in [0.2, 0.25) is 0 Å². The summed E-state index contributed by atoms with van der Waals surface area (Å²) in [6.07, 6.45) is 7.50. The van der Waals surface area contributed by atoms with E-state index in [2.05, 4.69) is 14.5 Å². The average molecular weight is 327 g/mol. The molecule has 0 spiro atoms. The second kappa shape index (κ2) is 5.42. The molecule has 0 N–H and O–H groups in total. The molecule has 1 fully saturated rings. The van der Waals surface area contributed by atoms with Gasteiger partial charge >= 0.3 is 0 Å². The van der Waals surface area contributed by atoms with E-state index >= 15 is 0 Å². The van der Waals surface area contributed by atoms with Crippen LogP contribution in [0.3, 0.4) is 0 Å². The second-order valence-corrected chi connectivity index (χ2v) is 6.70. The van der Waals surface area contributed by atoms with Crippen LogP contribution < -0.4 is 0 Å². The Morgan fingerprint density at radius 3 is 3.04 bits per heavy atom. The zero-order valence-corrected chi connectivity index (χ0v) is 13.9. The molecule has 0 bridgehead atoms. The van der Waals surface area contributed by atoms with Gasteiger partial charge in [0.2, 0.25) is 0 Å². The molecule has 0 aromatic carbocycles. The SMILES string of the molecule is Cc1nsc2ncc(C(=O)N3CCCC3c3cnn(C)c3)cc12.